The van der Waals surface area contributed by atoms with E-state index in [2.05, 4.69) is 36.1 Å². The first-order valence-corrected chi connectivity index (χ1v) is 12.8. The van der Waals surface area contributed by atoms with E-state index in [0.29, 0.717) is 29.1 Å². The van der Waals surface area contributed by atoms with Gasteiger partial charge in [0.2, 0.25) is 0 Å². The summed E-state index contributed by atoms with van der Waals surface area (Å²) >= 11 is 7.96. The van der Waals surface area contributed by atoms with Gasteiger partial charge < -0.3 is 9.80 Å². The topological polar surface area (TPSA) is 68.3 Å². The zero-order valence-electron chi connectivity index (χ0n) is 19.9. The Labute approximate surface area is 206 Å². The van der Waals surface area contributed by atoms with E-state index >= 15 is 0 Å². The van der Waals surface area contributed by atoms with Crippen molar-refractivity contribution in [3.05, 3.63) is 55.0 Å². The first kappa shape index (κ1) is 23.1. The third-order valence-corrected chi connectivity index (χ3v) is 7.73. The predicted molar refractivity (Wildman–Crippen MR) is 140 cm³/mol. The summed E-state index contributed by atoms with van der Waals surface area (Å²) in [6.07, 6.45) is 0. The molecule has 0 N–H and O–H groups in total. The van der Waals surface area contributed by atoms with Crippen LogP contribution < -0.4 is 16.1 Å². The van der Waals surface area contributed by atoms with E-state index < -0.39 is 0 Å². The molecule has 0 radical (unpaired) electrons. The standard InChI is InChI=1S/C24H29ClN6O2S/c1-15(2)12-30-21-20(23(32)28(4)24(30)33)22(29-9-7-27(3)8-10-29)31(26-21)13-16-14-34-19-6-5-17(25)11-18(16)19/h5-6,11,14-15H,7-10,12-13H2,1-4H3. The first-order chi connectivity index (χ1) is 16.2. The van der Waals surface area contributed by atoms with E-state index in [1.54, 1.807) is 23.0 Å². The van der Waals surface area contributed by atoms with Crippen LogP contribution in [0.25, 0.3) is 21.1 Å². The van der Waals surface area contributed by atoms with Crippen LogP contribution in [-0.4, -0.2) is 57.0 Å². The second-order valence-corrected chi connectivity index (χ2v) is 10.9. The molecule has 1 saturated heterocycles. The number of thiophene rings is 1. The maximum atomic E-state index is 13.4. The number of piperazine rings is 1. The molecule has 8 nitrogen and oxygen atoms in total. The smallest absolute Gasteiger partial charge is 0.332 e. The molecule has 180 valence electrons. The van der Waals surface area contributed by atoms with Crippen LogP contribution in [-0.2, 0) is 20.1 Å². The maximum absolute atomic E-state index is 13.4. The highest BCUT2D eigenvalue weighted by Crippen LogP contribution is 2.32. The van der Waals surface area contributed by atoms with Crippen LogP contribution in [0.2, 0.25) is 5.02 Å². The Hall–Kier alpha value is -2.62. The van der Waals surface area contributed by atoms with Crippen molar-refractivity contribution in [1.82, 2.24) is 23.8 Å². The molecule has 4 aromatic rings. The molecule has 0 spiro atoms. The summed E-state index contributed by atoms with van der Waals surface area (Å²) in [6.45, 7) is 8.49. The SMILES string of the molecule is CC(C)Cn1c(=O)n(C)c(=O)c2c(N3CCN(C)CC3)n(Cc3csc4ccc(Cl)cc34)nc21. The highest BCUT2D eigenvalue weighted by Gasteiger charge is 2.27. The van der Waals surface area contributed by atoms with Crippen molar-refractivity contribution in [2.24, 2.45) is 13.0 Å². The fourth-order valence-corrected chi connectivity index (χ4v) is 5.77. The zero-order chi connectivity index (χ0) is 24.1. The van der Waals surface area contributed by atoms with Gasteiger partial charge in [-0.2, -0.15) is 5.10 Å². The van der Waals surface area contributed by atoms with Gasteiger partial charge in [-0.25, -0.2) is 9.48 Å². The Kier molecular flexibility index (Phi) is 6.03. The second kappa shape index (κ2) is 8.87. The lowest BCUT2D eigenvalue weighted by Crippen LogP contribution is -2.46. The Balaban J connectivity index is 1.75. The van der Waals surface area contributed by atoms with Crippen molar-refractivity contribution in [2.45, 2.75) is 26.9 Å². The Morgan fingerprint density at radius 1 is 1.12 bits per heavy atom. The van der Waals surface area contributed by atoms with Gasteiger partial charge in [0.25, 0.3) is 5.56 Å². The summed E-state index contributed by atoms with van der Waals surface area (Å²) in [4.78, 5) is 31.0. The zero-order valence-corrected chi connectivity index (χ0v) is 21.5. The van der Waals surface area contributed by atoms with Crippen molar-refractivity contribution in [1.29, 1.82) is 0 Å². The number of aromatic nitrogens is 4. The molecule has 1 fully saturated rings. The molecule has 1 aromatic carbocycles. The van der Waals surface area contributed by atoms with Crippen molar-refractivity contribution in [2.75, 3.05) is 38.1 Å². The molecule has 1 aliphatic heterocycles. The number of nitrogens with zero attached hydrogens (tertiary/aromatic N) is 6. The summed E-state index contributed by atoms with van der Waals surface area (Å²) < 4.78 is 5.94. The number of anilines is 1. The maximum Gasteiger partial charge on any atom is 0.332 e. The molecule has 0 saturated carbocycles. The van der Waals surface area contributed by atoms with Crippen molar-refractivity contribution in [3.8, 4) is 0 Å². The summed E-state index contributed by atoms with van der Waals surface area (Å²) in [7, 11) is 3.66. The van der Waals surface area contributed by atoms with Gasteiger partial charge in [0.1, 0.15) is 11.2 Å². The molecule has 0 bridgehead atoms. The molecule has 1 aliphatic rings. The van der Waals surface area contributed by atoms with Gasteiger partial charge in [-0.15, -0.1) is 11.3 Å². The van der Waals surface area contributed by atoms with Crippen LogP contribution in [0.5, 0.6) is 0 Å². The van der Waals surface area contributed by atoms with Gasteiger partial charge in [-0.3, -0.25) is 13.9 Å². The van der Waals surface area contributed by atoms with Gasteiger partial charge in [-0.05, 0) is 47.5 Å². The van der Waals surface area contributed by atoms with E-state index in [0.717, 1.165) is 47.6 Å². The van der Waals surface area contributed by atoms with Gasteiger partial charge in [0, 0.05) is 49.5 Å². The molecule has 34 heavy (non-hydrogen) atoms. The fraction of sp³-hybridized carbons (Fsp3) is 0.458. The van der Waals surface area contributed by atoms with Crippen LogP contribution in [0.15, 0.2) is 33.2 Å². The van der Waals surface area contributed by atoms with E-state index in [4.69, 9.17) is 16.7 Å². The molecule has 4 heterocycles. The van der Waals surface area contributed by atoms with E-state index in [-0.39, 0.29) is 17.2 Å². The molecule has 0 aliphatic carbocycles. The molecule has 5 rings (SSSR count). The molecule has 0 atom stereocenters. The first-order valence-electron chi connectivity index (χ1n) is 11.5. The van der Waals surface area contributed by atoms with Gasteiger partial charge in [-0.1, -0.05) is 25.4 Å². The van der Waals surface area contributed by atoms with Gasteiger partial charge in [0.05, 0.1) is 6.54 Å². The minimum absolute atomic E-state index is 0.235. The molecule has 0 unspecified atom stereocenters. The van der Waals surface area contributed by atoms with Crippen molar-refractivity contribution in [3.63, 3.8) is 0 Å². The number of hydrogen-bond acceptors (Lipinski definition) is 6. The highest BCUT2D eigenvalue weighted by molar-refractivity contribution is 7.17. The van der Waals surface area contributed by atoms with E-state index in [1.807, 2.05) is 22.9 Å². The number of hydrogen-bond donors (Lipinski definition) is 0. The fourth-order valence-electron chi connectivity index (χ4n) is 4.66. The predicted octanol–water partition coefficient (Wildman–Crippen LogP) is 3.22. The van der Waals surface area contributed by atoms with E-state index in [9.17, 15) is 9.59 Å². The number of fused-ring (bicyclic) bond motifs is 2. The molecular formula is C24H29ClN6O2S. The lowest BCUT2D eigenvalue weighted by atomic mass is 10.2. The quantitative estimate of drug-likeness (QED) is 0.421. The van der Waals surface area contributed by atoms with Gasteiger partial charge >= 0.3 is 5.69 Å². The van der Waals surface area contributed by atoms with Crippen LogP contribution in [0.1, 0.15) is 19.4 Å². The Bertz CT molecular complexity index is 1490. The second-order valence-electron chi connectivity index (χ2n) is 9.52. The summed E-state index contributed by atoms with van der Waals surface area (Å²) in [5.74, 6) is 1.03. The lowest BCUT2D eigenvalue weighted by molar-refractivity contribution is 0.311. The molecule has 0 amide bonds. The number of rotatable bonds is 5. The number of benzene rings is 1. The number of likely N-dealkylation sites (N-methyl/N-ethyl adjacent to an activating group) is 1. The van der Waals surface area contributed by atoms with Crippen molar-refractivity contribution < 1.29 is 0 Å². The third-order valence-electron chi connectivity index (χ3n) is 6.49. The minimum atomic E-state index is -0.325. The van der Waals surface area contributed by atoms with Crippen LogP contribution in [0, 0.1) is 5.92 Å². The Morgan fingerprint density at radius 2 is 1.85 bits per heavy atom. The Morgan fingerprint density at radius 3 is 2.56 bits per heavy atom. The van der Waals surface area contributed by atoms with Crippen LogP contribution in [0.4, 0.5) is 5.82 Å². The summed E-state index contributed by atoms with van der Waals surface area (Å²) in [5.41, 5.74) is 0.945. The summed E-state index contributed by atoms with van der Waals surface area (Å²) in [5, 5.41) is 9.34. The average molecular weight is 501 g/mol. The van der Waals surface area contributed by atoms with Crippen LogP contribution in [0.3, 0.4) is 0 Å². The van der Waals surface area contributed by atoms with E-state index in [1.165, 1.54) is 4.57 Å². The monoisotopic (exact) mass is 500 g/mol. The van der Waals surface area contributed by atoms with Gasteiger partial charge in [0.15, 0.2) is 5.65 Å². The highest BCUT2D eigenvalue weighted by atomic mass is 35.5. The van der Waals surface area contributed by atoms with Crippen LogP contribution >= 0.6 is 22.9 Å². The average Bonchev–Trinajstić information content (AvgIpc) is 3.37. The largest absolute Gasteiger partial charge is 0.354 e. The number of halogens is 1. The molecule has 10 heteroatoms. The molecular weight excluding hydrogens is 472 g/mol. The molecule has 3 aromatic heterocycles. The van der Waals surface area contributed by atoms with Crippen molar-refractivity contribution >= 4 is 49.9 Å². The third kappa shape index (κ3) is 3.95. The normalized spacial score (nSPS) is 15.3. The lowest BCUT2D eigenvalue weighted by Gasteiger charge is -2.34. The minimum Gasteiger partial charge on any atom is -0.354 e. The summed E-state index contributed by atoms with van der Waals surface area (Å²) in [6, 6.07) is 5.91.